The van der Waals surface area contributed by atoms with Gasteiger partial charge in [-0.1, -0.05) is 6.07 Å². The van der Waals surface area contributed by atoms with E-state index in [4.69, 9.17) is 4.74 Å². The summed E-state index contributed by atoms with van der Waals surface area (Å²) in [5.41, 5.74) is 1.21. The van der Waals surface area contributed by atoms with Gasteiger partial charge in [0.2, 0.25) is 5.91 Å². The number of alkyl halides is 3. The van der Waals surface area contributed by atoms with Gasteiger partial charge in [0.05, 0.1) is 16.9 Å². The molecule has 4 rings (SSSR count). The molecule has 0 saturated carbocycles. The maximum atomic E-state index is 13.0. The van der Waals surface area contributed by atoms with Crippen molar-refractivity contribution >= 4 is 17.3 Å². The van der Waals surface area contributed by atoms with Crippen LogP contribution in [0.15, 0.2) is 36.4 Å². The molecule has 0 aromatic heterocycles. The molecule has 2 aromatic carbocycles. The van der Waals surface area contributed by atoms with Crippen LogP contribution in [0.5, 0.6) is 11.5 Å². The number of anilines is 2. The van der Waals surface area contributed by atoms with Crippen molar-refractivity contribution in [2.75, 3.05) is 25.0 Å². The Bertz CT molecular complexity index is 924. The van der Waals surface area contributed by atoms with Crippen molar-refractivity contribution in [2.24, 2.45) is 0 Å². The fraction of sp³-hybridized carbons (Fsp3) is 0.409. The Labute approximate surface area is 173 Å². The smallest absolute Gasteiger partial charge is 0.416 e. The summed E-state index contributed by atoms with van der Waals surface area (Å²) in [6, 6.07) is 8.75. The quantitative estimate of drug-likeness (QED) is 0.587. The van der Waals surface area contributed by atoms with Gasteiger partial charge in [-0.3, -0.25) is 4.79 Å². The van der Waals surface area contributed by atoms with Crippen molar-refractivity contribution in [3.63, 3.8) is 0 Å². The second kappa shape index (κ2) is 8.55. The zero-order chi connectivity index (χ0) is 21.1. The Balaban J connectivity index is 1.33. The largest absolute Gasteiger partial charge is 0.453 e. The normalized spacial score (nSPS) is 15.7. The first-order valence-electron chi connectivity index (χ1n) is 10.2. The third kappa shape index (κ3) is 4.87. The lowest BCUT2D eigenvalue weighted by Crippen LogP contribution is -2.25. The van der Waals surface area contributed by atoms with Crippen molar-refractivity contribution in [3.8, 4) is 11.5 Å². The van der Waals surface area contributed by atoms with Crippen LogP contribution in [0.3, 0.4) is 0 Å². The molecule has 2 aliphatic rings. The molecule has 160 valence electrons. The highest BCUT2D eigenvalue weighted by Crippen LogP contribution is 2.44. The maximum absolute atomic E-state index is 13.0. The Morgan fingerprint density at radius 1 is 1.07 bits per heavy atom. The van der Waals surface area contributed by atoms with Gasteiger partial charge >= 0.3 is 6.18 Å². The molecular formula is C22H24F3N3O2. The molecule has 0 aliphatic carbocycles. The standard InChI is InChI=1S/C22H24F3N3O2/c23-22(24,25)16-6-8-18-20(13-16)30-19-12-15(5-7-17(19)27-18)14-26-21(29)4-3-11-28-9-1-2-10-28/h5-8,12-13,27H,1-4,9-11,14H2,(H,26,29). The van der Waals surface area contributed by atoms with Gasteiger partial charge in [0, 0.05) is 13.0 Å². The molecule has 0 radical (unpaired) electrons. The number of likely N-dealkylation sites (tertiary alicyclic amines) is 1. The highest BCUT2D eigenvalue weighted by molar-refractivity contribution is 5.77. The molecule has 1 amide bonds. The fourth-order valence-electron chi connectivity index (χ4n) is 3.77. The van der Waals surface area contributed by atoms with E-state index in [9.17, 15) is 18.0 Å². The summed E-state index contributed by atoms with van der Waals surface area (Å²) in [4.78, 5) is 14.5. The van der Waals surface area contributed by atoms with E-state index in [0.717, 1.165) is 43.8 Å². The summed E-state index contributed by atoms with van der Waals surface area (Å²) < 4.78 is 44.6. The predicted octanol–water partition coefficient (Wildman–Crippen LogP) is 5.05. The molecular weight excluding hydrogens is 395 g/mol. The fourth-order valence-corrected chi connectivity index (χ4v) is 3.77. The molecule has 30 heavy (non-hydrogen) atoms. The molecule has 0 spiro atoms. The summed E-state index contributed by atoms with van der Waals surface area (Å²) in [6.45, 7) is 3.54. The van der Waals surface area contributed by atoms with Gasteiger partial charge in [-0.05, 0) is 74.8 Å². The lowest BCUT2D eigenvalue weighted by molar-refractivity contribution is -0.137. The van der Waals surface area contributed by atoms with E-state index in [1.807, 2.05) is 6.07 Å². The number of halogens is 3. The monoisotopic (exact) mass is 419 g/mol. The predicted molar refractivity (Wildman–Crippen MR) is 108 cm³/mol. The maximum Gasteiger partial charge on any atom is 0.416 e. The summed E-state index contributed by atoms with van der Waals surface area (Å²) >= 11 is 0. The molecule has 1 fully saturated rings. The van der Waals surface area contributed by atoms with Crippen LogP contribution in [0.2, 0.25) is 0 Å². The topological polar surface area (TPSA) is 53.6 Å². The van der Waals surface area contributed by atoms with Crippen LogP contribution >= 0.6 is 0 Å². The van der Waals surface area contributed by atoms with Crippen LogP contribution in [0.25, 0.3) is 0 Å². The van der Waals surface area contributed by atoms with Crippen LogP contribution in [0.1, 0.15) is 36.8 Å². The van der Waals surface area contributed by atoms with Crippen molar-refractivity contribution in [1.82, 2.24) is 10.2 Å². The van der Waals surface area contributed by atoms with Crippen LogP contribution in [-0.2, 0) is 17.5 Å². The zero-order valence-electron chi connectivity index (χ0n) is 16.5. The zero-order valence-corrected chi connectivity index (χ0v) is 16.5. The number of carbonyl (C=O) groups is 1. The first-order chi connectivity index (χ1) is 14.4. The van der Waals surface area contributed by atoms with Crippen molar-refractivity contribution in [1.29, 1.82) is 0 Å². The summed E-state index contributed by atoms with van der Waals surface area (Å²) in [5, 5.41) is 5.98. The molecule has 0 atom stereocenters. The van der Waals surface area contributed by atoms with Gasteiger partial charge in [0.25, 0.3) is 0 Å². The van der Waals surface area contributed by atoms with Crippen LogP contribution in [0.4, 0.5) is 24.5 Å². The number of nitrogens with zero attached hydrogens (tertiary/aromatic N) is 1. The lowest BCUT2D eigenvalue weighted by Gasteiger charge is -2.23. The lowest BCUT2D eigenvalue weighted by atomic mass is 10.1. The number of rotatable bonds is 6. The minimum atomic E-state index is -4.43. The van der Waals surface area contributed by atoms with E-state index in [-0.39, 0.29) is 11.7 Å². The molecule has 2 N–H and O–H groups in total. The third-order valence-corrected chi connectivity index (χ3v) is 5.41. The average Bonchev–Trinajstić information content (AvgIpc) is 3.23. The third-order valence-electron chi connectivity index (χ3n) is 5.41. The number of nitrogens with one attached hydrogen (secondary N) is 2. The van der Waals surface area contributed by atoms with Crippen LogP contribution in [-0.4, -0.2) is 30.4 Å². The molecule has 5 nitrogen and oxygen atoms in total. The van der Waals surface area contributed by atoms with E-state index >= 15 is 0 Å². The Hall–Kier alpha value is -2.74. The SMILES string of the molecule is O=C(CCCN1CCCC1)NCc1ccc2c(c1)Oc1cc(C(F)(F)F)ccc1N2. The highest BCUT2D eigenvalue weighted by Gasteiger charge is 2.32. The summed E-state index contributed by atoms with van der Waals surface area (Å²) in [6.07, 6.45) is -0.638. The van der Waals surface area contributed by atoms with E-state index in [2.05, 4.69) is 15.5 Å². The van der Waals surface area contributed by atoms with Crippen LogP contribution in [0, 0.1) is 0 Å². The Kier molecular flexibility index (Phi) is 5.85. The van der Waals surface area contributed by atoms with Gasteiger partial charge in [-0.25, -0.2) is 0 Å². The van der Waals surface area contributed by atoms with Crippen LogP contribution < -0.4 is 15.4 Å². The second-order valence-electron chi connectivity index (χ2n) is 7.70. The minimum absolute atomic E-state index is 0.00822. The van der Waals surface area contributed by atoms with Gasteiger partial charge < -0.3 is 20.3 Å². The van der Waals surface area contributed by atoms with E-state index in [0.29, 0.717) is 30.1 Å². The molecule has 2 heterocycles. The number of fused-ring (bicyclic) bond motifs is 2. The molecule has 2 aliphatic heterocycles. The van der Waals surface area contributed by atoms with E-state index in [1.165, 1.54) is 18.9 Å². The number of ether oxygens (including phenoxy) is 1. The Morgan fingerprint density at radius 3 is 2.50 bits per heavy atom. The second-order valence-corrected chi connectivity index (χ2v) is 7.70. The molecule has 1 saturated heterocycles. The van der Waals surface area contributed by atoms with Gasteiger partial charge in [-0.2, -0.15) is 13.2 Å². The first-order valence-corrected chi connectivity index (χ1v) is 10.2. The number of hydrogen-bond acceptors (Lipinski definition) is 4. The molecule has 8 heteroatoms. The Morgan fingerprint density at radius 2 is 1.77 bits per heavy atom. The van der Waals surface area contributed by atoms with E-state index in [1.54, 1.807) is 12.1 Å². The van der Waals surface area contributed by atoms with E-state index < -0.39 is 11.7 Å². The minimum Gasteiger partial charge on any atom is -0.453 e. The van der Waals surface area contributed by atoms with Crippen molar-refractivity contribution in [2.45, 2.75) is 38.4 Å². The van der Waals surface area contributed by atoms with Crippen molar-refractivity contribution in [3.05, 3.63) is 47.5 Å². The number of hydrogen-bond donors (Lipinski definition) is 2. The average molecular weight is 419 g/mol. The van der Waals surface area contributed by atoms with Crippen molar-refractivity contribution < 1.29 is 22.7 Å². The molecule has 0 bridgehead atoms. The number of carbonyl (C=O) groups excluding carboxylic acids is 1. The van der Waals surface area contributed by atoms with Gasteiger partial charge in [-0.15, -0.1) is 0 Å². The highest BCUT2D eigenvalue weighted by atomic mass is 19.4. The van der Waals surface area contributed by atoms with Gasteiger partial charge in [0.15, 0.2) is 11.5 Å². The summed E-state index contributed by atoms with van der Waals surface area (Å²) in [5.74, 6) is 0.550. The van der Waals surface area contributed by atoms with Gasteiger partial charge in [0.1, 0.15) is 0 Å². The first kappa shape index (κ1) is 20.5. The molecule has 0 unspecified atom stereocenters. The number of amides is 1. The summed E-state index contributed by atoms with van der Waals surface area (Å²) in [7, 11) is 0. The number of benzene rings is 2. The molecule has 2 aromatic rings.